The molecule has 0 aliphatic heterocycles. The van der Waals surface area contributed by atoms with Crippen LogP contribution in [0.2, 0.25) is 0 Å². The van der Waals surface area contributed by atoms with Crippen LogP contribution >= 0.6 is 0 Å². The second-order valence-electron chi connectivity index (χ2n) is 21.0. The highest BCUT2D eigenvalue weighted by atomic mass is 16.2. The summed E-state index contributed by atoms with van der Waals surface area (Å²) in [6.45, 7) is 15.7. The highest BCUT2D eigenvalue weighted by Crippen LogP contribution is 2.26. The highest BCUT2D eigenvalue weighted by Gasteiger charge is 2.35. The first-order chi connectivity index (χ1) is 29.1. The average molecular weight is 842 g/mol. The Morgan fingerprint density at radius 3 is 0.667 bits per heavy atom. The Bertz CT molecular complexity index is 886. The number of hydrogen-bond donors (Lipinski definition) is 0. The van der Waals surface area contributed by atoms with Gasteiger partial charge in [0.2, 0.25) is 0 Å². The van der Waals surface area contributed by atoms with Crippen LogP contribution in [0.3, 0.4) is 0 Å². The monoisotopic (exact) mass is 842 g/mol. The van der Waals surface area contributed by atoms with Gasteiger partial charge in [-0.05, 0) is 37.0 Å². The van der Waals surface area contributed by atoms with E-state index in [4.69, 9.17) is 0 Å². The van der Waals surface area contributed by atoms with E-state index in [-0.39, 0.29) is 17.3 Å². The predicted octanol–water partition coefficient (Wildman–Crippen LogP) is 19.3. The molecule has 1 radical (unpaired) electrons. The fraction of sp³-hybridized carbons (Fsp3) is 0.930. The predicted molar refractivity (Wildman–Crippen MR) is 266 cm³/mol. The fourth-order valence-corrected chi connectivity index (χ4v) is 9.15. The van der Waals surface area contributed by atoms with Crippen molar-refractivity contribution < 1.29 is 14.4 Å². The second-order valence-corrected chi connectivity index (χ2v) is 21.0. The van der Waals surface area contributed by atoms with E-state index < -0.39 is 5.92 Å². The van der Waals surface area contributed by atoms with Gasteiger partial charge < -0.3 is 0 Å². The van der Waals surface area contributed by atoms with Gasteiger partial charge >= 0.3 is 0 Å². The van der Waals surface area contributed by atoms with Crippen LogP contribution in [-0.2, 0) is 14.4 Å². The molecule has 0 amide bonds. The lowest BCUT2D eigenvalue weighted by Gasteiger charge is -2.21. The molecule has 355 valence electrons. The van der Waals surface area contributed by atoms with E-state index in [1.807, 2.05) is 6.92 Å². The minimum Gasteiger partial charge on any atom is -0.299 e. The van der Waals surface area contributed by atoms with Gasteiger partial charge in [0.25, 0.3) is 0 Å². The van der Waals surface area contributed by atoms with Crippen LogP contribution in [0, 0.1) is 29.6 Å². The maximum atomic E-state index is 13.6. The summed E-state index contributed by atoms with van der Waals surface area (Å²) in [5.74, 6) is 2.32. The molecule has 3 nitrogen and oxygen atoms in total. The van der Waals surface area contributed by atoms with Crippen molar-refractivity contribution in [1.82, 2.24) is 0 Å². The highest BCUT2D eigenvalue weighted by molar-refractivity contribution is 6.11. The number of rotatable bonds is 49. The molecule has 0 bridgehead atoms. The molecule has 0 unspecified atom stereocenters. The van der Waals surface area contributed by atoms with Crippen molar-refractivity contribution in [3.8, 4) is 0 Å². The van der Waals surface area contributed by atoms with Crippen molar-refractivity contribution in [2.75, 3.05) is 0 Å². The first-order valence-electron chi connectivity index (χ1n) is 27.5. The van der Waals surface area contributed by atoms with Crippen LogP contribution in [0.15, 0.2) is 0 Å². The number of carbonyl (C=O) groups is 3. The van der Waals surface area contributed by atoms with Crippen molar-refractivity contribution in [3.05, 3.63) is 5.92 Å². The van der Waals surface area contributed by atoms with Gasteiger partial charge in [-0.1, -0.05) is 280 Å². The van der Waals surface area contributed by atoms with Gasteiger partial charge in [0.1, 0.15) is 17.3 Å². The third-order valence-electron chi connectivity index (χ3n) is 13.4. The van der Waals surface area contributed by atoms with Gasteiger partial charge in [-0.2, -0.15) is 0 Å². The molecule has 0 aliphatic carbocycles. The molecule has 0 heterocycles. The summed E-state index contributed by atoms with van der Waals surface area (Å²) in [5.41, 5.74) is 0. The molecule has 0 atom stereocenters. The molecular weight excluding hydrogens is 733 g/mol. The van der Waals surface area contributed by atoms with E-state index in [0.29, 0.717) is 25.2 Å². The third kappa shape index (κ3) is 41.0. The number of Topliss-reactive ketones (excluding diaryl/α,β-unsaturated/α-hetero) is 3. The molecular formula is C57H109O3. The molecule has 0 saturated heterocycles. The molecule has 0 fully saturated rings. The molecule has 0 aliphatic rings. The minimum absolute atomic E-state index is 0.00900. The molecule has 3 heteroatoms. The lowest BCUT2D eigenvalue weighted by molar-refractivity contribution is -0.134. The van der Waals surface area contributed by atoms with Crippen LogP contribution in [0.25, 0.3) is 0 Å². The van der Waals surface area contributed by atoms with Crippen LogP contribution in [0.4, 0.5) is 0 Å². The summed E-state index contributed by atoms with van der Waals surface area (Å²) in [7, 11) is 0. The molecule has 0 aromatic rings. The summed E-state index contributed by atoms with van der Waals surface area (Å²) in [5, 5.41) is 0. The minimum atomic E-state index is -0.802. The van der Waals surface area contributed by atoms with E-state index in [0.717, 1.165) is 56.3 Å². The summed E-state index contributed by atoms with van der Waals surface area (Å²) in [6.07, 6.45) is 51.2. The molecule has 0 aromatic carbocycles. The van der Waals surface area contributed by atoms with Gasteiger partial charge in [0, 0.05) is 19.3 Å². The SMILES string of the molecule is C[C](C(=O)CCCCCCCCCCCCCCC(C)C)C(C(=O)CCCCCCCCCCCCCCC(C)C)C(=O)CCCCCCCCCCCCCCC(C)C. The molecule has 0 N–H and O–H groups in total. The lowest BCUT2D eigenvalue weighted by Crippen LogP contribution is -2.33. The molecule has 0 spiro atoms. The molecule has 60 heavy (non-hydrogen) atoms. The zero-order chi connectivity index (χ0) is 44.3. The number of carbonyl (C=O) groups excluding carboxylic acids is 3. The van der Waals surface area contributed by atoms with E-state index >= 15 is 0 Å². The van der Waals surface area contributed by atoms with Crippen LogP contribution in [0.1, 0.15) is 318 Å². The number of hydrogen-bond acceptors (Lipinski definition) is 3. The molecule has 0 rings (SSSR count). The Hall–Kier alpha value is -0.990. The zero-order valence-corrected chi connectivity index (χ0v) is 42.2. The van der Waals surface area contributed by atoms with Crippen molar-refractivity contribution >= 4 is 17.3 Å². The fourth-order valence-electron chi connectivity index (χ4n) is 9.15. The third-order valence-corrected chi connectivity index (χ3v) is 13.4. The summed E-state index contributed by atoms with van der Waals surface area (Å²) in [4.78, 5) is 40.7. The summed E-state index contributed by atoms with van der Waals surface area (Å²) < 4.78 is 0. The number of ketones is 3. The normalized spacial score (nSPS) is 12.0. The first-order valence-corrected chi connectivity index (χ1v) is 27.5. The van der Waals surface area contributed by atoms with Crippen molar-refractivity contribution in [2.24, 2.45) is 23.7 Å². The van der Waals surface area contributed by atoms with E-state index in [1.54, 1.807) is 0 Å². The second kappa shape index (κ2) is 44.6. The number of unbranched alkanes of at least 4 members (excludes halogenated alkanes) is 33. The average Bonchev–Trinajstić information content (AvgIpc) is 3.20. The van der Waals surface area contributed by atoms with Gasteiger partial charge in [-0.3, -0.25) is 14.4 Å². The zero-order valence-electron chi connectivity index (χ0n) is 42.2. The van der Waals surface area contributed by atoms with Crippen molar-refractivity contribution in [2.45, 2.75) is 318 Å². The van der Waals surface area contributed by atoms with Crippen molar-refractivity contribution in [1.29, 1.82) is 0 Å². The van der Waals surface area contributed by atoms with Gasteiger partial charge in [0.05, 0.1) is 11.8 Å². The smallest absolute Gasteiger partial charge is 0.144 e. The Labute approximate surface area is 378 Å². The standard InChI is InChI=1S/C57H109O3/c1-50(2)44-38-32-26-20-14-8-11-17-23-29-35-41-47-54(58)53(7)57(55(59)48-42-36-30-24-18-12-9-15-21-27-33-39-45-51(3)4)56(60)49-43-37-31-25-19-13-10-16-22-28-34-40-46-52(5)6/h50-52,57H,8-49H2,1-7H3. The quantitative estimate of drug-likeness (QED) is 0.0453. The Kier molecular flexibility index (Phi) is 43.9. The molecule has 0 saturated carbocycles. The van der Waals surface area contributed by atoms with Gasteiger partial charge in [-0.25, -0.2) is 0 Å². The molecule has 0 aromatic heterocycles. The van der Waals surface area contributed by atoms with E-state index in [9.17, 15) is 14.4 Å². The van der Waals surface area contributed by atoms with Gasteiger partial charge in [0.15, 0.2) is 0 Å². The van der Waals surface area contributed by atoms with Crippen LogP contribution in [-0.4, -0.2) is 17.3 Å². The van der Waals surface area contributed by atoms with Gasteiger partial charge in [-0.15, -0.1) is 0 Å². The Balaban J connectivity index is 4.49. The largest absolute Gasteiger partial charge is 0.299 e. The Morgan fingerprint density at radius 1 is 0.267 bits per heavy atom. The first kappa shape index (κ1) is 59.0. The maximum absolute atomic E-state index is 13.6. The Morgan fingerprint density at radius 2 is 0.450 bits per heavy atom. The van der Waals surface area contributed by atoms with Crippen LogP contribution in [0.5, 0.6) is 0 Å². The lowest BCUT2D eigenvalue weighted by atomic mass is 9.79. The van der Waals surface area contributed by atoms with E-state index in [1.165, 1.54) is 212 Å². The summed E-state index contributed by atoms with van der Waals surface area (Å²) in [6, 6.07) is 0. The summed E-state index contributed by atoms with van der Waals surface area (Å²) >= 11 is 0. The maximum Gasteiger partial charge on any atom is 0.144 e. The van der Waals surface area contributed by atoms with Crippen LogP contribution < -0.4 is 0 Å². The van der Waals surface area contributed by atoms with E-state index in [2.05, 4.69) is 41.5 Å². The topological polar surface area (TPSA) is 51.2 Å². The van der Waals surface area contributed by atoms with Crippen molar-refractivity contribution in [3.63, 3.8) is 0 Å².